The molecule has 0 N–H and O–H groups in total. The highest BCUT2D eigenvalue weighted by molar-refractivity contribution is 14.1. The van der Waals surface area contributed by atoms with Gasteiger partial charge in [0.15, 0.2) is 0 Å². The molecule has 0 bridgehead atoms. The lowest BCUT2D eigenvalue weighted by atomic mass is 10.1. The molecule has 1 fully saturated rings. The molecule has 0 aliphatic carbocycles. The number of nitrogens with zero attached hydrogens (tertiary/aromatic N) is 1. The number of hydrogen-bond acceptors (Lipinski definition) is 2. The second kappa shape index (κ2) is 5.82. The summed E-state index contributed by atoms with van der Waals surface area (Å²) in [4.78, 5) is 14.3. The van der Waals surface area contributed by atoms with E-state index in [2.05, 4.69) is 29.5 Å². The molecule has 0 spiro atoms. The van der Waals surface area contributed by atoms with E-state index in [1.807, 2.05) is 29.2 Å². The van der Waals surface area contributed by atoms with Crippen LogP contribution in [0.5, 0.6) is 0 Å². The Labute approximate surface area is 115 Å². The molecule has 1 atom stereocenters. The number of carbonyl (C=O) groups excluding carboxylic acids is 1. The van der Waals surface area contributed by atoms with Gasteiger partial charge in [-0.2, -0.15) is 0 Å². The van der Waals surface area contributed by atoms with E-state index in [0.29, 0.717) is 19.8 Å². The molecule has 1 aromatic carbocycles. The number of morpholine rings is 1. The van der Waals surface area contributed by atoms with Crippen LogP contribution < -0.4 is 0 Å². The summed E-state index contributed by atoms with van der Waals surface area (Å²) in [6.07, 6.45) is 0.940. The van der Waals surface area contributed by atoms with Crippen LogP contribution in [0, 0.1) is 3.57 Å². The molecule has 92 valence electrons. The van der Waals surface area contributed by atoms with E-state index in [1.165, 1.54) is 0 Å². The summed E-state index contributed by atoms with van der Waals surface area (Å²) in [6.45, 7) is 4.09. The van der Waals surface area contributed by atoms with E-state index < -0.39 is 0 Å². The lowest BCUT2D eigenvalue weighted by Gasteiger charge is -2.35. The molecule has 1 aromatic rings. The minimum atomic E-state index is 0.124. The maximum Gasteiger partial charge on any atom is 0.254 e. The van der Waals surface area contributed by atoms with E-state index in [9.17, 15) is 4.79 Å². The van der Waals surface area contributed by atoms with Crippen molar-refractivity contribution in [2.24, 2.45) is 0 Å². The van der Waals surface area contributed by atoms with Crippen molar-refractivity contribution in [3.63, 3.8) is 0 Å². The summed E-state index contributed by atoms with van der Waals surface area (Å²) in [5.41, 5.74) is 0.775. The number of ether oxygens (including phenoxy) is 1. The Bertz CT molecular complexity index is 408. The van der Waals surface area contributed by atoms with Crippen LogP contribution >= 0.6 is 22.6 Å². The maximum absolute atomic E-state index is 12.4. The molecule has 1 amide bonds. The van der Waals surface area contributed by atoms with Crippen LogP contribution in [-0.2, 0) is 4.74 Å². The Morgan fingerprint density at radius 2 is 2.41 bits per heavy atom. The molecule has 0 saturated carbocycles. The van der Waals surface area contributed by atoms with Crippen LogP contribution in [0.4, 0.5) is 0 Å². The third-order valence-corrected chi connectivity index (χ3v) is 3.70. The van der Waals surface area contributed by atoms with Crippen molar-refractivity contribution in [1.82, 2.24) is 4.90 Å². The first-order valence-electron chi connectivity index (χ1n) is 5.86. The van der Waals surface area contributed by atoms with Crippen LogP contribution in [0.15, 0.2) is 24.3 Å². The Morgan fingerprint density at radius 1 is 1.59 bits per heavy atom. The molecule has 17 heavy (non-hydrogen) atoms. The van der Waals surface area contributed by atoms with Crippen molar-refractivity contribution in [3.05, 3.63) is 33.4 Å². The van der Waals surface area contributed by atoms with Gasteiger partial charge < -0.3 is 9.64 Å². The first kappa shape index (κ1) is 12.8. The fourth-order valence-electron chi connectivity index (χ4n) is 2.05. The van der Waals surface area contributed by atoms with Gasteiger partial charge in [0.1, 0.15) is 0 Å². The highest BCUT2D eigenvalue weighted by Crippen LogP contribution is 2.16. The molecular weight excluding hydrogens is 329 g/mol. The minimum Gasteiger partial charge on any atom is -0.377 e. The molecule has 1 saturated heterocycles. The monoisotopic (exact) mass is 345 g/mol. The first-order chi connectivity index (χ1) is 8.22. The maximum atomic E-state index is 12.4. The average molecular weight is 345 g/mol. The van der Waals surface area contributed by atoms with Crippen molar-refractivity contribution in [3.8, 4) is 0 Å². The lowest BCUT2D eigenvalue weighted by molar-refractivity contribution is -0.00280. The largest absolute Gasteiger partial charge is 0.377 e. The molecule has 0 radical (unpaired) electrons. The molecule has 3 nitrogen and oxygen atoms in total. The van der Waals surface area contributed by atoms with E-state index in [4.69, 9.17) is 4.74 Å². The lowest BCUT2D eigenvalue weighted by Crippen LogP contribution is -2.48. The summed E-state index contributed by atoms with van der Waals surface area (Å²) < 4.78 is 6.51. The fraction of sp³-hybridized carbons (Fsp3) is 0.462. The van der Waals surface area contributed by atoms with Gasteiger partial charge in [0, 0.05) is 15.7 Å². The van der Waals surface area contributed by atoms with Crippen LogP contribution in [-0.4, -0.2) is 36.6 Å². The van der Waals surface area contributed by atoms with Gasteiger partial charge in [-0.15, -0.1) is 0 Å². The first-order valence-corrected chi connectivity index (χ1v) is 6.94. The molecule has 1 aliphatic heterocycles. The topological polar surface area (TPSA) is 29.5 Å². The smallest absolute Gasteiger partial charge is 0.254 e. The Hall–Kier alpha value is -0.620. The standard InChI is InChI=1S/C13H16INO2/c1-2-12-9-17-7-6-15(12)13(16)10-4-3-5-11(14)8-10/h3-5,8,12H,2,6-7,9H2,1H3. The summed E-state index contributed by atoms with van der Waals surface area (Å²) in [7, 11) is 0. The van der Waals surface area contributed by atoms with Gasteiger partial charge in [0.25, 0.3) is 5.91 Å². The fourth-order valence-corrected chi connectivity index (χ4v) is 2.59. The molecule has 1 unspecified atom stereocenters. The Morgan fingerprint density at radius 3 is 3.12 bits per heavy atom. The second-order valence-corrected chi connectivity index (χ2v) is 5.39. The summed E-state index contributed by atoms with van der Waals surface area (Å²) in [5, 5.41) is 0. The summed E-state index contributed by atoms with van der Waals surface area (Å²) in [6, 6.07) is 7.95. The Balaban J connectivity index is 2.18. The van der Waals surface area contributed by atoms with Gasteiger partial charge in [-0.25, -0.2) is 0 Å². The molecule has 2 rings (SSSR count). The van der Waals surface area contributed by atoms with Gasteiger partial charge in [-0.05, 0) is 47.2 Å². The minimum absolute atomic E-state index is 0.124. The van der Waals surface area contributed by atoms with Crippen molar-refractivity contribution in [2.45, 2.75) is 19.4 Å². The van der Waals surface area contributed by atoms with E-state index in [1.54, 1.807) is 0 Å². The third kappa shape index (κ3) is 2.98. The van der Waals surface area contributed by atoms with E-state index in [-0.39, 0.29) is 11.9 Å². The zero-order chi connectivity index (χ0) is 12.3. The van der Waals surface area contributed by atoms with Crippen LogP contribution in [0.3, 0.4) is 0 Å². The quantitative estimate of drug-likeness (QED) is 0.771. The number of halogens is 1. The number of carbonyl (C=O) groups is 1. The second-order valence-electron chi connectivity index (χ2n) is 4.15. The van der Waals surface area contributed by atoms with Gasteiger partial charge in [-0.3, -0.25) is 4.79 Å². The van der Waals surface area contributed by atoms with E-state index in [0.717, 1.165) is 15.6 Å². The van der Waals surface area contributed by atoms with Crippen molar-refractivity contribution in [2.75, 3.05) is 19.8 Å². The number of amides is 1. The van der Waals surface area contributed by atoms with Gasteiger partial charge >= 0.3 is 0 Å². The zero-order valence-electron chi connectivity index (χ0n) is 9.86. The number of rotatable bonds is 2. The predicted octanol–water partition coefficient (Wildman–Crippen LogP) is 2.54. The van der Waals surface area contributed by atoms with Crippen LogP contribution in [0.2, 0.25) is 0 Å². The van der Waals surface area contributed by atoms with Gasteiger partial charge in [-0.1, -0.05) is 13.0 Å². The highest BCUT2D eigenvalue weighted by Gasteiger charge is 2.26. The van der Waals surface area contributed by atoms with Crippen molar-refractivity contribution < 1.29 is 9.53 Å². The molecule has 1 heterocycles. The SMILES string of the molecule is CCC1COCCN1C(=O)c1cccc(I)c1. The van der Waals surface area contributed by atoms with Crippen molar-refractivity contribution in [1.29, 1.82) is 0 Å². The zero-order valence-corrected chi connectivity index (χ0v) is 12.0. The molecule has 0 aromatic heterocycles. The highest BCUT2D eigenvalue weighted by atomic mass is 127. The van der Waals surface area contributed by atoms with E-state index >= 15 is 0 Å². The van der Waals surface area contributed by atoms with Crippen LogP contribution in [0.1, 0.15) is 23.7 Å². The third-order valence-electron chi connectivity index (χ3n) is 3.03. The predicted molar refractivity (Wildman–Crippen MR) is 75.1 cm³/mol. The average Bonchev–Trinajstić information content (AvgIpc) is 2.38. The van der Waals surface area contributed by atoms with Crippen LogP contribution in [0.25, 0.3) is 0 Å². The molecule has 4 heteroatoms. The number of hydrogen-bond donors (Lipinski definition) is 0. The molecular formula is C13H16INO2. The molecule has 1 aliphatic rings. The van der Waals surface area contributed by atoms with Crippen molar-refractivity contribution >= 4 is 28.5 Å². The van der Waals surface area contributed by atoms with Gasteiger partial charge in [0.05, 0.1) is 19.3 Å². The normalized spacial score (nSPS) is 20.4. The van der Waals surface area contributed by atoms with Gasteiger partial charge in [0.2, 0.25) is 0 Å². The summed E-state index contributed by atoms with van der Waals surface area (Å²) >= 11 is 2.23. The Kier molecular flexibility index (Phi) is 4.39. The summed E-state index contributed by atoms with van der Waals surface area (Å²) in [5.74, 6) is 0.124. The number of benzene rings is 1.